The molecule has 0 aliphatic heterocycles. The molecular formula is C20H15F2IrN3O3-2. The number of hydrogen-bond donors (Lipinski definition) is 0. The molecular weight excluding hydrogens is 560 g/mol. The first-order valence-electron chi connectivity index (χ1n) is 7.95. The van der Waals surface area contributed by atoms with Crippen LogP contribution in [0.2, 0.25) is 0 Å². The number of ether oxygens (including phenoxy) is 1. The maximum absolute atomic E-state index is 13.4. The van der Waals surface area contributed by atoms with Gasteiger partial charge in [0.2, 0.25) is 0 Å². The van der Waals surface area contributed by atoms with E-state index in [1.54, 1.807) is 24.3 Å². The van der Waals surface area contributed by atoms with Crippen LogP contribution in [0.3, 0.4) is 0 Å². The van der Waals surface area contributed by atoms with Crippen LogP contribution < -0.4 is 4.74 Å². The van der Waals surface area contributed by atoms with Crippen molar-refractivity contribution in [2.45, 2.75) is 6.92 Å². The molecule has 0 saturated carbocycles. The van der Waals surface area contributed by atoms with Crippen molar-refractivity contribution >= 4 is 11.8 Å². The molecule has 3 rings (SSSR count). The van der Waals surface area contributed by atoms with Crippen molar-refractivity contribution in [2.24, 2.45) is 0 Å². The summed E-state index contributed by atoms with van der Waals surface area (Å²) in [6.45, 7) is 1.22. The van der Waals surface area contributed by atoms with Crippen LogP contribution in [0.5, 0.6) is 5.75 Å². The fraction of sp³-hybridized carbons (Fsp3) is 0.100. The van der Waals surface area contributed by atoms with Crippen LogP contribution in [0.25, 0.3) is 16.6 Å². The van der Waals surface area contributed by atoms with Crippen molar-refractivity contribution < 1.29 is 43.2 Å². The van der Waals surface area contributed by atoms with Gasteiger partial charge in [-0.3, -0.25) is 13.8 Å². The first kappa shape index (κ1) is 24.0. The predicted octanol–water partition coefficient (Wildman–Crippen LogP) is 3.98. The summed E-state index contributed by atoms with van der Waals surface area (Å²) < 4.78 is 31.1. The number of halogens is 2. The van der Waals surface area contributed by atoms with Crippen LogP contribution in [0, 0.1) is 17.7 Å². The second-order valence-electron chi connectivity index (χ2n) is 5.27. The van der Waals surface area contributed by atoms with E-state index in [9.17, 15) is 18.4 Å². The van der Waals surface area contributed by atoms with E-state index in [4.69, 9.17) is 4.74 Å². The minimum Gasteiger partial charge on any atom is -0.591 e. The molecule has 0 bridgehead atoms. The summed E-state index contributed by atoms with van der Waals surface area (Å²) in [7, 11) is 1.50. The Bertz CT molecular complexity index is 972. The van der Waals surface area contributed by atoms with E-state index in [0.717, 1.165) is 12.1 Å². The van der Waals surface area contributed by atoms with Gasteiger partial charge in [-0.1, -0.05) is 17.7 Å². The number of benzene rings is 1. The van der Waals surface area contributed by atoms with Crippen LogP contribution >= 0.6 is 0 Å². The van der Waals surface area contributed by atoms with Crippen LogP contribution in [0.15, 0.2) is 54.9 Å². The molecule has 0 unspecified atom stereocenters. The summed E-state index contributed by atoms with van der Waals surface area (Å²) in [4.78, 5) is 29.1. The van der Waals surface area contributed by atoms with Gasteiger partial charge in [0.1, 0.15) is 11.7 Å². The molecule has 9 heteroatoms. The van der Waals surface area contributed by atoms with E-state index >= 15 is 0 Å². The average molecular weight is 576 g/mol. The normalized spacial score (nSPS) is 9.38. The van der Waals surface area contributed by atoms with Crippen LogP contribution in [0.1, 0.15) is 17.4 Å². The molecule has 0 N–H and O–H groups in total. The third kappa shape index (κ3) is 7.48. The summed E-state index contributed by atoms with van der Waals surface area (Å²) in [6, 6.07) is 12.4. The zero-order valence-electron chi connectivity index (χ0n) is 15.4. The number of carbonyl (C=O) groups excluding carboxylic acids is 2. The van der Waals surface area contributed by atoms with Crippen molar-refractivity contribution in [3.63, 3.8) is 0 Å². The van der Waals surface area contributed by atoms with E-state index in [0.29, 0.717) is 11.4 Å². The largest absolute Gasteiger partial charge is 0.591 e. The molecule has 2 heterocycles. The van der Waals surface area contributed by atoms with E-state index in [-0.39, 0.29) is 31.4 Å². The summed E-state index contributed by atoms with van der Waals surface area (Å²) in [5, 5.41) is 3.21. The van der Waals surface area contributed by atoms with E-state index in [1.165, 1.54) is 32.5 Å². The van der Waals surface area contributed by atoms with E-state index < -0.39 is 23.4 Å². The van der Waals surface area contributed by atoms with E-state index in [1.807, 2.05) is 0 Å². The van der Waals surface area contributed by atoms with Gasteiger partial charge in [-0.15, -0.1) is 12.1 Å². The van der Waals surface area contributed by atoms with Crippen molar-refractivity contribution in [1.82, 2.24) is 9.97 Å². The van der Waals surface area contributed by atoms with Crippen molar-refractivity contribution in [1.29, 1.82) is 0 Å². The minimum absolute atomic E-state index is 0. The Balaban J connectivity index is 0.000000292. The third-order valence-corrected chi connectivity index (χ3v) is 3.22. The Labute approximate surface area is 179 Å². The third-order valence-electron chi connectivity index (χ3n) is 3.22. The number of nitrogens with zero attached hydrogens (tertiary/aromatic N) is 3. The first-order chi connectivity index (χ1) is 13.4. The van der Waals surface area contributed by atoms with Gasteiger partial charge in [-0.05, 0) is 36.9 Å². The summed E-state index contributed by atoms with van der Waals surface area (Å²) >= 11 is 0. The molecule has 0 fully saturated rings. The number of imide groups is 1. The number of rotatable bonds is 3. The predicted molar refractivity (Wildman–Crippen MR) is 97.6 cm³/mol. The molecule has 2 amide bonds. The molecule has 3 aromatic rings. The molecule has 1 aromatic carbocycles. The fourth-order valence-electron chi connectivity index (χ4n) is 2.01. The molecule has 0 aliphatic rings. The summed E-state index contributed by atoms with van der Waals surface area (Å²) in [5.74, 6) is -1.90. The Kier molecular flexibility index (Phi) is 9.71. The number of methoxy groups -OCH3 is 1. The molecule has 0 spiro atoms. The molecule has 153 valence electrons. The number of hydrogen-bond acceptors (Lipinski definition) is 5. The fourth-order valence-corrected chi connectivity index (χ4v) is 2.01. The molecule has 0 atom stereocenters. The van der Waals surface area contributed by atoms with Gasteiger partial charge in [-0.25, -0.2) is 0 Å². The Morgan fingerprint density at radius 1 is 1.10 bits per heavy atom. The monoisotopic (exact) mass is 576 g/mol. The number of pyridine rings is 2. The molecule has 0 aliphatic carbocycles. The second kappa shape index (κ2) is 11.7. The zero-order chi connectivity index (χ0) is 20.5. The Hall–Kier alpha value is -3.03. The van der Waals surface area contributed by atoms with Crippen molar-refractivity contribution in [3.8, 4) is 17.0 Å². The number of carbonyl (C=O) groups is 2. The smallest absolute Gasteiger partial charge is 0.113 e. The topological polar surface area (TPSA) is 83.2 Å². The minimum atomic E-state index is -0.694. The molecule has 29 heavy (non-hydrogen) atoms. The standard InChI is InChI=1S/C12H8F2NO.C8H8N2O2.Ir/c1-16-9-4-5-15-12(7-9)10-3-2-8(13)6-11(10)14;1-6(11)10-8(12)7-4-2-3-5-9-7;/h2,4-7H,1H3;2-5H,1H3,(H,10,11,12);/q-1;;/p-1. The summed E-state index contributed by atoms with van der Waals surface area (Å²) in [5.41, 5.74) is 0.671. The average Bonchev–Trinajstić information content (AvgIpc) is 2.69. The van der Waals surface area contributed by atoms with Crippen LogP contribution in [-0.2, 0) is 24.9 Å². The Morgan fingerprint density at radius 2 is 1.86 bits per heavy atom. The van der Waals surface area contributed by atoms with Gasteiger partial charge in [0.05, 0.1) is 18.7 Å². The zero-order valence-corrected chi connectivity index (χ0v) is 17.7. The SMILES string of the molecule is CC(=O)[N-]C(=O)c1ccccn1.COc1ccnc(-c2[c-]cc(F)cc2F)c1.[Ir]. The van der Waals surface area contributed by atoms with E-state index in [2.05, 4.69) is 21.4 Å². The second-order valence-corrected chi connectivity index (χ2v) is 5.27. The van der Waals surface area contributed by atoms with Gasteiger partial charge in [0, 0.05) is 44.1 Å². The maximum Gasteiger partial charge on any atom is 0.113 e. The number of aromatic nitrogens is 2. The molecule has 0 saturated heterocycles. The quantitative estimate of drug-likeness (QED) is 0.442. The molecule has 1 radical (unpaired) electrons. The Morgan fingerprint density at radius 3 is 2.45 bits per heavy atom. The van der Waals surface area contributed by atoms with Crippen molar-refractivity contribution in [2.75, 3.05) is 7.11 Å². The maximum atomic E-state index is 13.4. The van der Waals surface area contributed by atoms with Gasteiger partial charge in [0.15, 0.2) is 0 Å². The van der Waals surface area contributed by atoms with Gasteiger partial charge in [0.25, 0.3) is 0 Å². The van der Waals surface area contributed by atoms with Gasteiger partial charge >= 0.3 is 0 Å². The molecule has 2 aromatic heterocycles. The van der Waals surface area contributed by atoms with Crippen LogP contribution in [0.4, 0.5) is 8.78 Å². The number of amides is 2. The summed E-state index contributed by atoms with van der Waals surface area (Å²) in [6.07, 6.45) is 2.97. The van der Waals surface area contributed by atoms with Gasteiger partial charge < -0.3 is 24.6 Å². The van der Waals surface area contributed by atoms with Gasteiger partial charge in [-0.2, -0.15) is 0 Å². The molecule has 6 nitrogen and oxygen atoms in total. The first-order valence-corrected chi connectivity index (χ1v) is 7.95. The van der Waals surface area contributed by atoms with Crippen LogP contribution in [-0.4, -0.2) is 28.9 Å². The van der Waals surface area contributed by atoms with Crippen molar-refractivity contribution in [3.05, 3.63) is 83.6 Å².